The molecule has 0 bridgehead atoms. The first-order valence-corrected chi connectivity index (χ1v) is 9.11. The minimum atomic E-state index is -0.630. The van der Waals surface area contributed by atoms with Crippen LogP contribution < -0.4 is 15.4 Å². The molecule has 0 saturated heterocycles. The van der Waals surface area contributed by atoms with Gasteiger partial charge in [0, 0.05) is 15.7 Å². The van der Waals surface area contributed by atoms with Crippen LogP contribution in [-0.2, 0) is 9.53 Å². The van der Waals surface area contributed by atoms with Crippen molar-refractivity contribution >= 4 is 27.9 Å². The monoisotopic (exact) mass is 408 g/mol. The maximum absolute atomic E-state index is 12.3. The van der Waals surface area contributed by atoms with Crippen LogP contribution >= 0.6 is 15.9 Å². The van der Waals surface area contributed by atoms with Crippen molar-refractivity contribution < 1.29 is 19.1 Å². The molecule has 1 saturated carbocycles. The van der Waals surface area contributed by atoms with Gasteiger partial charge in [-0.15, -0.1) is 0 Å². The molecule has 0 radical (unpaired) electrons. The molecule has 1 aromatic carbocycles. The summed E-state index contributed by atoms with van der Waals surface area (Å²) >= 11 is 3.46. The molecule has 1 unspecified atom stereocenters. The zero-order valence-electron chi connectivity index (χ0n) is 14.2. The van der Waals surface area contributed by atoms with Crippen LogP contribution in [0.15, 0.2) is 33.9 Å². The Labute approximate surface area is 155 Å². The molecule has 134 valence electrons. The van der Waals surface area contributed by atoms with Crippen LogP contribution in [0.25, 0.3) is 0 Å². The number of hydrogen-bond acceptors (Lipinski definition) is 4. The van der Waals surface area contributed by atoms with E-state index in [9.17, 15) is 9.59 Å². The van der Waals surface area contributed by atoms with Crippen molar-refractivity contribution in [3.63, 3.8) is 0 Å². The van der Waals surface area contributed by atoms with Gasteiger partial charge < -0.3 is 20.1 Å². The lowest BCUT2D eigenvalue weighted by Crippen LogP contribution is -2.45. The van der Waals surface area contributed by atoms with Crippen LogP contribution in [0.4, 0.5) is 4.79 Å². The molecule has 2 N–H and O–H groups in total. The summed E-state index contributed by atoms with van der Waals surface area (Å²) < 4.78 is 11.9. The second kappa shape index (κ2) is 7.47. The number of allylic oxidation sites excluding steroid dienone is 1. The number of carbonyl (C=O) groups excluding carboxylic acids is 2. The molecule has 0 spiro atoms. The van der Waals surface area contributed by atoms with Crippen molar-refractivity contribution in [3.8, 4) is 5.75 Å². The van der Waals surface area contributed by atoms with E-state index in [-0.39, 0.29) is 12.1 Å². The van der Waals surface area contributed by atoms with Crippen molar-refractivity contribution in [2.24, 2.45) is 0 Å². The number of nitrogens with one attached hydrogen (secondary N) is 2. The molecule has 1 aliphatic heterocycles. The predicted octanol–water partition coefficient (Wildman–Crippen LogP) is 3.57. The highest BCUT2D eigenvalue weighted by molar-refractivity contribution is 9.10. The first-order valence-electron chi connectivity index (χ1n) is 8.32. The predicted molar refractivity (Wildman–Crippen MR) is 96.2 cm³/mol. The molecule has 1 aliphatic carbocycles. The molecule has 1 fully saturated rings. The average molecular weight is 409 g/mol. The summed E-state index contributed by atoms with van der Waals surface area (Å²) in [5.41, 5.74) is 1.58. The minimum absolute atomic E-state index is 0.170. The van der Waals surface area contributed by atoms with Crippen molar-refractivity contribution in [3.05, 3.63) is 39.5 Å². The fraction of sp³-hybridized carbons (Fsp3) is 0.444. The van der Waals surface area contributed by atoms with Gasteiger partial charge in [0.1, 0.15) is 5.75 Å². The Morgan fingerprint density at radius 3 is 2.68 bits per heavy atom. The highest BCUT2D eigenvalue weighted by Gasteiger charge is 2.34. The van der Waals surface area contributed by atoms with E-state index in [0.717, 1.165) is 35.7 Å². The number of urea groups is 1. The highest BCUT2D eigenvalue weighted by Crippen LogP contribution is 2.37. The van der Waals surface area contributed by atoms with E-state index in [0.29, 0.717) is 17.0 Å². The molecule has 7 heteroatoms. The maximum Gasteiger partial charge on any atom is 0.337 e. The molecule has 2 amide bonds. The fourth-order valence-electron chi connectivity index (χ4n) is 3.35. The van der Waals surface area contributed by atoms with Gasteiger partial charge in [-0.05, 0) is 50.8 Å². The van der Waals surface area contributed by atoms with Gasteiger partial charge in [0.05, 0.1) is 24.8 Å². The third-order valence-corrected chi connectivity index (χ3v) is 5.05. The van der Waals surface area contributed by atoms with Crippen LogP contribution in [0.1, 0.15) is 44.2 Å². The number of carbonyl (C=O) groups is 2. The summed E-state index contributed by atoms with van der Waals surface area (Å²) in [6, 6.07) is 4.65. The van der Waals surface area contributed by atoms with E-state index in [2.05, 4.69) is 26.6 Å². The lowest BCUT2D eigenvalue weighted by atomic mass is 9.95. The largest absolute Gasteiger partial charge is 0.490 e. The third kappa shape index (κ3) is 3.81. The Balaban J connectivity index is 2.02. The number of rotatable bonds is 4. The first kappa shape index (κ1) is 17.8. The summed E-state index contributed by atoms with van der Waals surface area (Å²) in [6.07, 6.45) is 4.53. The summed E-state index contributed by atoms with van der Waals surface area (Å²) in [7, 11) is 1.33. The Morgan fingerprint density at radius 2 is 2.00 bits per heavy atom. The summed E-state index contributed by atoms with van der Waals surface area (Å²) in [5, 5.41) is 5.44. The van der Waals surface area contributed by atoms with Crippen LogP contribution in [0, 0.1) is 0 Å². The fourth-order valence-corrected chi connectivity index (χ4v) is 3.72. The molecular formula is C18H21BrN2O4. The molecule has 1 atom stereocenters. The Hall–Kier alpha value is -2.02. The highest BCUT2D eigenvalue weighted by atomic mass is 79.9. The third-order valence-electron chi connectivity index (χ3n) is 4.55. The second-order valence-corrected chi connectivity index (χ2v) is 7.18. The van der Waals surface area contributed by atoms with Gasteiger partial charge in [0.15, 0.2) is 0 Å². The molecule has 3 rings (SSSR count). The lowest BCUT2D eigenvalue weighted by molar-refractivity contribution is -0.136. The summed E-state index contributed by atoms with van der Waals surface area (Å²) in [5.74, 6) is 0.193. The zero-order chi connectivity index (χ0) is 18.0. The SMILES string of the molecule is COC(=O)C1=C(C)NC(=O)NC1c1cc(Br)ccc1OC1CCCC1. The van der Waals surface area contributed by atoms with Crippen LogP contribution in [0.5, 0.6) is 5.75 Å². The number of halogens is 1. The zero-order valence-corrected chi connectivity index (χ0v) is 15.8. The second-order valence-electron chi connectivity index (χ2n) is 6.27. The lowest BCUT2D eigenvalue weighted by Gasteiger charge is -2.29. The van der Waals surface area contributed by atoms with Gasteiger partial charge in [-0.2, -0.15) is 0 Å². The molecule has 25 heavy (non-hydrogen) atoms. The topological polar surface area (TPSA) is 76.7 Å². The van der Waals surface area contributed by atoms with Crippen molar-refractivity contribution in [2.45, 2.75) is 44.8 Å². The Kier molecular flexibility index (Phi) is 5.32. The van der Waals surface area contributed by atoms with E-state index in [1.807, 2.05) is 18.2 Å². The number of benzene rings is 1. The van der Waals surface area contributed by atoms with Gasteiger partial charge in [-0.25, -0.2) is 9.59 Å². The van der Waals surface area contributed by atoms with E-state index in [4.69, 9.17) is 9.47 Å². The summed E-state index contributed by atoms with van der Waals surface area (Å²) in [4.78, 5) is 24.3. The van der Waals surface area contributed by atoms with Crippen molar-refractivity contribution in [1.82, 2.24) is 10.6 Å². The van der Waals surface area contributed by atoms with Gasteiger partial charge >= 0.3 is 12.0 Å². The number of ether oxygens (including phenoxy) is 2. The molecular weight excluding hydrogens is 388 g/mol. The van der Waals surface area contributed by atoms with E-state index >= 15 is 0 Å². The van der Waals surface area contributed by atoms with Crippen LogP contribution in [0.3, 0.4) is 0 Å². The number of methoxy groups -OCH3 is 1. The average Bonchev–Trinajstić information content (AvgIpc) is 3.08. The van der Waals surface area contributed by atoms with Crippen LogP contribution in [0.2, 0.25) is 0 Å². The number of amides is 2. The molecule has 1 aromatic rings. The molecule has 1 heterocycles. The smallest absolute Gasteiger partial charge is 0.337 e. The first-order chi connectivity index (χ1) is 12.0. The van der Waals surface area contributed by atoms with Gasteiger partial charge in [-0.3, -0.25) is 0 Å². The molecule has 6 nitrogen and oxygen atoms in total. The number of esters is 1. The van der Waals surface area contributed by atoms with Crippen molar-refractivity contribution in [2.75, 3.05) is 7.11 Å². The Morgan fingerprint density at radius 1 is 1.28 bits per heavy atom. The minimum Gasteiger partial charge on any atom is -0.490 e. The molecule has 2 aliphatic rings. The van der Waals surface area contributed by atoms with E-state index in [1.165, 1.54) is 7.11 Å². The van der Waals surface area contributed by atoms with E-state index < -0.39 is 12.0 Å². The standard InChI is InChI=1S/C18H21BrN2O4/c1-10-15(17(22)24-2)16(21-18(23)20-10)13-9-11(19)7-8-14(13)25-12-5-3-4-6-12/h7-9,12,16H,3-6H2,1-2H3,(H2,20,21,23). The molecule has 0 aromatic heterocycles. The van der Waals surface area contributed by atoms with Gasteiger partial charge in [0.2, 0.25) is 0 Å². The number of hydrogen-bond donors (Lipinski definition) is 2. The van der Waals surface area contributed by atoms with Crippen LogP contribution in [-0.4, -0.2) is 25.2 Å². The summed E-state index contributed by atoms with van der Waals surface area (Å²) in [6.45, 7) is 1.69. The van der Waals surface area contributed by atoms with Crippen molar-refractivity contribution in [1.29, 1.82) is 0 Å². The van der Waals surface area contributed by atoms with Gasteiger partial charge in [-0.1, -0.05) is 15.9 Å². The van der Waals surface area contributed by atoms with Gasteiger partial charge in [0.25, 0.3) is 0 Å². The Bertz CT molecular complexity index is 726. The maximum atomic E-state index is 12.3. The van der Waals surface area contributed by atoms with E-state index in [1.54, 1.807) is 6.92 Å². The quantitative estimate of drug-likeness (QED) is 0.746. The normalized spacial score (nSPS) is 20.9.